The maximum Gasteiger partial charge on any atom is 0.139 e. The molecule has 4 aliphatic heterocycles. The van der Waals surface area contributed by atoms with Crippen LogP contribution in [-0.4, -0.2) is 71.5 Å². The van der Waals surface area contributed by atoms with Gasteiger partial charge in [0.15, 0.2) is 0 Å². The van der Waals surface area contributed by atoms with Crippen LogP contribution in [0.2, 0.25) is 0 Å². The molecule has 0 aliphatic carbocycles. The van der Waals surface area contributed by atoms with Gasteiger partial charge in [-0.3, -0.25) is 4.48 Å². The van der Waals surface area contributed by atoms with E-state index in [1.54, 1.807) is 0 Å². The second-order valence-corrected chi connectivity index (χ2v) is 7.65. The van der Waals surface area contributed by atoms with Crippen molar-refractivity contribution >= 4 is 28.3 Å². The first kappa shape index (κ1) is 13.9. The van der Waals surface area contributed by atoms with Crippen molar-refractivity contribution < 1.29 is 4.48 Å². The molecule has 4 aliphatic rings. The van der Waals surface area contributed by atoms with Gasteiger partial charge in [-0.2, -0.15) is 0 Å². The number of benzene rings is 1. The quantitative estimate of drug-likeness (QED) is 0.331. The van der Waals surface area contributed by atoms with Crippen molar-refractivity contribution in [3.05, 3.63) is 38.6 Å². The standard InChI is InChI=1S/C14H18IN5O/c15-13-3-1-12(2-4-13)14(16-21)5-20-9-17-6-18(10-20)8-19(7-17)11-20/h1-4H,5-11H2/b16-14-. The lowest BCUT2D eigenvalue weighted by atomic mass is 10.1. The summed E-state index contributed by atoms with van der Waals surface area (Å²) in [5, 5.41) is 14.7. The van der Waals surface area contributed by atoms with E-state index in [0.717, 1.165) is 50.1 Å². The third-order valence-electron chi connectivity index (χ3n) is 4.47. The summed E-state index contributed by atoms with van der Waals surface area (Å²) in [4.78, 5) is 7.35. The van der Waals surface area contributed by atoms with E-state index in [2.05, 4.69) is 42.4 Å². The van der Waals surface area contributed by atoms with Gasteiger partial charge >= 0.3 is 0 Å². The lowest BCUT2D eigenvalue weighted by Gasteiger charge is -2.60. The number of nitrogens with zero attached hydrogens (tertiary/aromatic N) is 5. The third kappa shape index (κ3) is 2.57. The van der Waals surface area contributed by atoms with Crippen LogP contribution < -0.4 is 0 Å². The first-order valence-electron chi connectivity index (χ1n) is 7.13. The Hall–Kier alpha value is -0.740. The van der Waals surface area contributed by atoms with E-state index in [4.69, 9.17) is 0 Å². The summed E-state index contributed by atoms with van der Waals surface area (Å²) >= 11 is 2.28. The van der Waals surface area contributed by atoms with Crippen LogP contribution in [0.15, 0.2) is 29.4 Å². The Kier molecular flexibility index (Phi) is 3.42. The Balaban J connectivity index is 1.58. The number of halogens is 1. The number of rotatable bonds is 3. The lowest BCUT2D eigenvalue weighted by Crippen LogP contribution is -2.79. The Morgan fingerprint density at radius 3 is 2.05 bits per heavy atom. The van der Waals surface area contributed by atoms with Gasteiger partial charge in [0.25, 0.3) is 0 Å². The monoisotopic (exact) mass is 399 g/mol. The van der Waals surface area contributed by atoms with E-state index >= 15 is 0 Å². The van der Waals surface area contributed by atoms with E-state index in [-0.39, 0.29) is 0 Å². The molecule has 0 saturated carbocycles. The van der Waals surface area contributed by atoms with Crippen molar-refractivity contribution in [2.75, 3.05) is 46.6 Å². The fourth-order valence-corrected chi connectivity index (χ4v) is 4.30. The smallest absolute Gasteiger partial charge is 0.139 e. The normalized spacial score (nSPS) is 38.0. The van der Waals surface area contributed by atoms with Gasteiger partial charge in [0.05, 0.1) is 25.7 Å². The van der Waals surface area contributed by atoms with Crippen molar-refractivity contribution in [2.45, 2.75) is 0 Å². The Morgan fingerprint density at radius 1 is 1.05 bits per heavy atom. The molecule has 4 bridgehead atoms. The summed E-state index contributed by atoms with van der Waals surface area (Å²) in [6.45, 7) is 6.97. The predicted octanol–water partition coefficient (Wildman–Crippen LogP) is 1.09. The maximum atomic E-state index is 11.4. The summed E-state index contributed by atoms with van der Waals surface area (Å²) < 4.78 is 2.08. The highest BCUT2D eigenvalue weighted by Crippen LogP contribution is 2.29. The van der Waals surface area contributed by atoms with Gasteiger partial charge < -0.3 is 10.4 Å². The Labute approximate surface area is 137 Å². The highest BCUT2D eigenvalue weighted by Gasteiger charge is 2.48. The molecule has 1 aromatic carbocycles. The van der Waals surface area contributed by atoms with Gasteiger partial charge in [0.1, 0.15) is 26.6 Å². The highest BCUT2D eigenvalue weighted by atomic mass is 127. The zero-order valence-electron chi connectivity index (χ0n) is 11.8. The summed E-state index contributed by atoms with van der Waals surface area (Å²) in [5.74, 6) is 0. The van der Waals surface area contributed by atoms with Crippen LogP contribution in [0.5, 0.6) is 0 Å². The lowest BCUT2D eigenvalue weighted by molar-refractivity contribution is -0.972. The molecule has 112 valence electrons. The molecular weight excluding hydrogens is 381 g/mol. The summed E-state index contributed by atoms with van der Waals surface area (Å²) in [6.07, 6.45) is 0. The fourth-order valence-electron chi connectivity index (χ4n) is 3.94. The topological polar surface area (TPSA) is 45.1 Å². The van der Waals surface area contributed by atoms with E-state index in [1.807, 2.05) is 24.3 Å². The SMILES string of the molecule is [O-]/N=C(/C[N+]12CN3CN(CN(C3)C1)C2)c1ccc(I)cc1. The summed E-state index contributed by atoms with van der Waals surface area (Å²) in [6, 6.07) is 8.07. The zero-order chi connectivity index (χ0) is 14.4. The molecule has 5 rings (SSSR count). The second kappa shape index (κ2) is 5.17. The Bertz CT molecular complexity index is 538. The molecule has 0 aromatic heterocycles. The van der Waals surface area contributed by atoms with E-state index in [9.17, 15) is 5.21 Å². The average molecular weight is 399 g/mol. The molecule has 0 atom stereocenters. The van der Waals surface area contributed by atoms with Crippen molar-refractivity contribution in [3.8, 4) is 0 Å². The van der Waals surface area contributed by atoms with Crippen molar-refractivity contribution in [3.63, 3.8) is 0 Å². The second-order valence-electron chi connectivity index (χ2n) is 6.41. The molecule has 6 nitrogen and oxygen atoms in total. The minimum atomic E-state index is 0.678. The fraction of sp³-hybridized carbons (Fsp3) is 0.500. The number of hydrogen-bond acceptors (Lipinski definition) is 5. The molecule has 0 radical (unpaired) electrons. The molecule has 0 amide bonds. The van der Waals surface area contributed by atoms with E-state index in [1.165, 1.54) is 3.57 Å². The molecule has 21 heavy (non-hydrogen) atoms. The molecule has 1 aromatic rings. The maximum absolute atomic E-state index is 11.4. The van der Waals surface area contributed by atoms with Crippen LogP contribution in [0.1, 0.15) is 5.56 Å². The van der Waals surface area contributed by atoms with E-state index in [0.29, 0.717) is 12.3 Å². The third-order valence-corrected chi connectivity index (χ3v) is 5.19. The van der Waals surface area contributed by atoms with Crippen molar-refractivity contribution in [1.29, 1.82) is 0 Å². The number of quaternary nitrogens is 1. The molecule has 7 heteroatoms. The first-order valence-corrected chi connectivity index (χ1v) is 8.21. The van der Waals surface area contributed by atoms with Crippen LogP contribution in [0.3, 0.4) is 0 Å². The highest BCUT2D eigenvalue weighted by molar-refractivity contribution is 14.1. The largest absolute Gasteiger partial charge is 0.792 e. The van der Waals surface area contributed by atoms with Crippen LogP contribution >= 0.6 is 22.6 Å². The molecule has 4 saturated heterocycles. The summed E-state index contributed by atoms with van der Waals surface area (Å²) in [5.41, 5.74) is 1.64. The number of hydrogen-bond donors (Lipinski definition) is 0. The van der Waals surface area contributed by atoms with Crippen LogP contribution in [0.4, 0.5) is 0 Å². The van der Waals surface area contributed by atoms with Crippen molar-refractivity contribution in [1.82, 2.24) is 14.7 Å². The molecular formula is C14H18IN5O. The van der Waals surface area contributed by atoms with Gasteiger partial charge in [-0.15, -0.1) is 0 Å². The van der Waals surface area contributed by atoms with Gasteiger partial charge in [-0.25, -0.2) is 14.7 Å². The molecule has 0 unspecified atom stereocenters. The van der Waals surface area contributed by atoms with Gasteiger partial charge in [0, 0.05) is 9.13 Å². The summed E-state index contributed by atoms with van der Waals surface area (Å²) in [7, 11) is 0. The first-order chi connectivity index (χ1) is 10.2. The van der Waals surface area contributed by atoms with Crippen molar-refractivity contribution in [2.24, 2.45) is 5.16 Å². The molecule has 0 spiro atoms. The average Bonchev–Trinajstić information content (AvgIpc) is 2.44. The zero-order valence-corrected chi connectivity index (χ0v) is 13.9. The molecule has 4 heterocycles. The Morgan fingerprint density at radius 2 is 1.57 bits per heavy atom. The molecule has 0 N–H and O–H groups in total. The minimum Gasteiger partial charge on any atom is -0.792 e. The predicted molar refractivity (Wildman–Crippen MR) is 88.9 cm³/mol. The molecule has 4 fully saturated rings. The van der Waals surface area contributed by atoms with Gasteiger partial charge in [0.2, 0.25) is 0 Å². The minimum absolute atomic E-state index is 0.678. The van der Waals surface area contributed by atoms with Crippen LogP contribution in [0.25, 0.3) is 0 Å². The van der Waals surface area contributed by atoms with Gasteiger partial charge in [-0.05, 0) is 34.7 Å². The van der Waals surface area contributed by atoms with Crippen LogP contribution in [0, 0.1) is 8.78 Å². The van der Waals surface area contributed by atoms with E-state index < -0.39 is 0 Å². The van der Waals surface area contributed by atoms with Crippen LogP contribution in [-0.2, 0) is 0 Å². The van der Waals surface area contributed by atoms with Gasteiger partial charge in [-0.1, -0.05) is 12.1 Å².